The number of pyridine rings is 1. The van der Waals surface area contributed by atoms with Crippen LogP contribution in [-0.4, -0.2) is 41.7 Å². The number of rotatable bonds is 6. The molecule has 0 bridgehead atoms. The van der Waals surface area contributed by atoms with Gasteiger partial charge in [0.15, 0.2) is 0 Å². The van der Waals surface area contributed by atoms with Crippen LogP contribution in [0, 0.1) is 5.82 Å². The number of carboxylic acids is 1. The van der Waals surface area contributed by atoms with E-state index in [0.29, 0.717) is 0 Å². The number of ether oxygens (including phenoxy) is 1. The van der Waals surface area contributed by atoms with Gasteiger partial charge in [0.25, 0.3) is 5.91 Å². The molecule has 1 aromatic heterocycles. The van der Waals surface area contributed by atoms with E-state index in [1.807, 2.05) is 0 Å². The number of nitrogens with zero attached hydrogens (tertiary/aromatic N) is 1. The van der Waals surface area contributed by atoms with Gasteiger partial charge in [-0.1, -0.05) is 0 Å². The molecule has 0 saturated carbocycles. The minimum atomic E-state index is -1.07. The fourth-order valence-corrected chi connectivity index (χ4v) is 0.997. The summed E-state index contributed by atoms with van der Waals surface area (Å²) in [5.41, 5.74) is 0.0876. The summed E-state index contributed by atoms with van der Waals surface area (Å²) in [4.78, 5) is 25.1. The zero-order valence-corrected chi connectivity index (χ0v) is 8.85. The van der Waals surface area contributed by atoms with Gasteiger partial charge in [0, 0.05) is 6.54 Å². The molecule has 0 unspecified atom stereocenters. The second-order valence-corrected chi connectivity index (χ2v) is 3.06. The van der Waals surface area contributed by atoms with Gasteiger partial charge in [0.1, 0.15) is 18.1 Å². The normalized spacial score (nSPS) is 9.94. The van der Waals surface area contributed by atoms with Crippen molar-refractivity contribution in [2.45, 2.75) is 0 Å². The first-order chi connectivity index (χ1) is 8.09. The predicted molar refractivity (Wildman–Crippen MR) is 55.0 cm³/mol. The number of carbonyl (C=O) groups excluding carboxylic acids is 1. The highest BCUT2D eigenvalue weighted by Gasteiger charge is 2.06. The number of nitrogens with one attached hydrogen (secondary N) is 1. The average molecular weight is 242 g/mol. The summed E-state index contributed by atoms with van der Waals surface area (Å²) in [6.07, 6.45) is 0.940. The quantitative estimate of drug-likeness (QED) is 0.688. The van der Waals surface area contributed by atoms with Crippen LogP contribution in [0.3, 0.4) is 0 Å². The third-order valence-corrected chi connectivity index (χ3v) is 1.72. The maximum Gasteiger partial charge on any atom is 0.329 e. The molecule has 1 heterocycles. The number of carbonyl (C=O) groups is 2. The van der Waals surface area contributed by atoms with E-state index >= 15 is 0 Å². The number of aliphatic carboxylic acids is 1. The lowest BCUT2D eigenvalue weighted by Gasteiger charge is -2.04. The first kappa shape index (κ1) is 13.0. The van der Waals surface area contributed by atoms with E-state index in [1.54, 1.807) is 0 Å². The summed E-state index contributed by atoms with van der Waals surface area (Å²) in [5, 5.41) is 10.7. The van der Waals surface area contributed by atoms with Crippen molar-refractivity contribution in [3.63, 3.8) is 0 Å². The lowest BCUT2D eigenvalue weighted by atomic mass is 10.3. The molecule has 0 aliphatic rings. The average Bonchev–Trinajstić information content (AvgIpc) is 2.29. The molecule has 6 nitrogen and oxygen atoms in total. The molecule has 0 atom stereocenters. The largest absolute Gasteiger partial charge is 0.480 e. The molecular formula is C10H11FN2O4. The van der Waals surface area contributed by atoms with Crippen LogP contribution in [0.2, 0.25) is 0 Å². The Labute approximate surface area is 96.4 Å². The van der Waals surface area contributed by atoms with Crippen LogP contribution in [-0.2, 0) is 9.53 Å². The van der Waals surface area contributed by atoms with Gasteiger partial charge in [-0.2, -0.15) is 0 Å². The van der Waals surface area contributed by atoms with Crippen LogP contribution in [0.25, 0.3) is 0 Å². The maximum absolute atomic E-state index is 12.5. The Morgan fingerprint density at radius 3 is 2.82 bits per heavy atom. The Morgan fingerprint density at radius 2 is 2.24 bits per heavy atom. The van der Waals surface area contributed by atoms with Gasteiger partial charge in [0.05, 0.1) is 12.8 Å². The molecule has 0 aliphatic carbocycles. The number of halogens is 1. The molecule has 0 radical (unpaired) electrons. The molecule has 1 aromatic rings. The lowest BCUT2D eigenvalue weighted by molar-refractivity contribution is -0.142. The second-order valence-electron chi connectivity index (χ2n) is 3.06. The highest BCUT2D eigenvalue weighted by molar-refractivity contribution is 5.92. The molecule has 1 rings (SSSR count). The van der Waals surface area contributed by atoms with E-state index in [-0.39, 0.29) is 18.8 Å². The minimum absolute atomic E-state index is 0.0826. The Hall–Kier alpha value is -2.02. The van der Waals surface area contributed by atoms with Crippen molar-refractivity contribution >= 4 is 11.9 Å². The molecule has 7 heteroatoms. The van der Waals surface area contributed by atoms with Crippen molar-refractivity contribution in [2.24, 2.45) is 0 Å². The fourth-order valence-electron chi connectivity index (χ4n) is 0.997. The van der Waals surface area contributed by atoms with Crippen molar-refractivity contribution < 1.29 is 23.8 Å². The van der Waals surface area contributed by atoms with Crippen LogP contribution < -0.4 is 5.32 Å². The summed E-state index contributed by atoms with van der Waals surface area (Å²) in [6, 6.07) is 2.38. The van der Waals surface area contributed by atoms with Crippen LogP contribution in [0.1, 0.15) is 10.5 Å². The van der Waals surface area contributed by atoms with Crippen molar-refractivity contribution in [1.82, 2.24) is 10.3 Å². The topological polar surface area (TPSA) is 88.5 Å². The smallest absolute Gasteiger partial charge is 0.329 e. The van der Waals surface area contributed by atoms with Gasteiger partial charge in [0.2, 0.25) is 0 Å². The van der Waals surface area contributed by atoms with Crippen molar-refractivity contribution in [1.29, 1.82) is 0 Å². The number of amides is 1. The molecule has 92 valence electrons. The monoisotopic (exact) mass is 242 g/mol. The Balaban J connectivity index is 2.25. The second kappa shape index (κ2) is 6.54. The SMILES string of the molecule is O=C(O)COCCNC(=O)c1ccc(F)cn1. The summed E-state index contributed by atoms with van der Waals surface area (Å²) < 4.78 is 17.2. The number of aromatic nitrogens is 1. The van der Waals surface area contributed by atoms with Gasteiger partial charge in [-0.15, -0.1) is 0 Å². The molecule has 2 N–H and O–H groups in total. The third kappa shape index (κ3) is 5.03. The Bertz CT molecular complexity index is 394. The van der Waals surface area contributed by atoms with E-state index in [0.717, 1.165) is 12.3 Å². The highest BCUT2D eigenvalue weighted by Crippen LogP contribution is 1.97. The fraction of sp³-hybridized carbons (Fsp3) is 0.300. The molecule has 1 amide bonds. The van der Waals surface area contributed by atoms with E-state index in [1.165, 1.54) is 6.07 Å². The lowest BCUT2D eigenvalue weighted by Crippen LogP contribution is -2.28. The van der Waals surface area contributed by atoms with E-state index in [2.05, 4.69) is 10.3 Å². The zero-order valence-electron chi connectivity index (χ0n) is 8.85. The van der Waals surface area contributed by atoms with Crippen LogP contribution in [0.15, 0.2) is 18.3 Å². The molecule has 17 heavy (non-hydrogen) atoms. The Morgan fingerprint density at radius 1 is 1.47 bits per heavy atom. The molecule has 0 aromatic carbocycles. The third-order valence-electron chi connectivity index (χ3n) is 1.72. The van der Waals surface area contributed by atoms with Crippen molar-refractivity contribution in [3.8, 4) is 0 Å². The summed E-state index contributed by atoms with van der Waals surface area (Å²) in [7, 11) is 0. The van der Waals surface area contributed by atoms with Gasteiger partial charge >= 0.3 is 5.97 Å². The molecule has 0 spiro atoms. The van der Waals surface area contributed by atoms with Crippen LogP contribution in [0.5, 0.6) is 0 Å². The van der Waals surface area contributed by atoms with Gasteiger partial charge in [-0.3, -0.25) is 4.79 Å². The maximum atomic E-state index is 12.5. The van der Waals surface area contributed by atoms with Crippen molar-refractivity contribution in [2.75, 3.05) is 19.8 Å². The van der Waals surface area contributed by atoms with E-state index in [9.17, 15) is 14.0 Å². The Kier molecular flexibility index (Phi) is 5.02. The highest BCUT2D eigenvalue weighted by atomic mass is 19.1. The van der Waals surface area contributed by atoms with Crippen LogP contribution in [0.4, 0.5) is 4.39 Å². The number of hydrogen-bond acceptors (Lipinski definition) is 4. The molecular weight excluding hydrogens is 231 g/mol. The van der Waals surface area contributed by atoms with E-state index < -0.39 is 24.3 Å². The summed E-state index contributed by atoms with van der Waals surface area (Å²) in [5.74, 6) is -2.06. The summed E-state index contributed by atoms with van der Waals surface area (Å²) >= 11 is 0. The number of hydrogen-bond donors (Lipinski definition) is 2. The standard InChI is InChI=1S/C10H11FN2O4/c11-7-1-2-8(13-5-7)10(16)12-3-4-17-6-9(14)15/h1-2,5H,3-4,6H2,(H,12,16)(H,14,15). The van der Waals surface area contributed by atoms with Gasteiger partial charge in [-0.25, -0.2) is 14.2 Å². The first-order valence-electron chi connectivity index (χ1n) is 4.79. The molecule has 0 saturated heterocycles. The predicted octanol–water partition coefficient (Wildman–Crippen LogP) is 0.0517. The minimum Gasteiger partial charge on any atom is -0.480 e. The molecule has 0 fully saturated rings. The summed E-state index contributed by atoms with van der Waals surface area (Å²) in [6.45, 7) is -0.172. The first-order valence-corrected chi connectivity index (χ1v) is 4.79. The van der Waals surface area contributed by atoms with E-state index in [4.69, 9.17) is 9.84 Å². The number of carboxylic acid groups (broad SMARTS) is 1. The molecule has 0 aliphatic heterocycles. The van der Waals surface area contributed by atoms with Gasteiger partial charge in [-0.05, 0) is 12.1 Å². The zero-order chi connectivity index (χ0) is 12.7. The van der Waals surface area contributed by atoms with Gasteiger partial charge < -0.3 is 15.2 Å². The van der Waals surface area contributed by atoms with Crippen LogP contribution >= 0.6 is 0 Å². The van der Waals surface area contributed by atoms with Crippen molar-refractivity contribution in [3.05, 3.63) is 29.8 Å².